The highest BCUT2D eigenvalue weighted by Crippen LogP contribution is 2.31. The fourth-order valence-corrected chi connectivity index (χ4v) is 2.69. The van der Waals surface area contributed by atoms with Crippen molar-refractivity contribution in [3.05, 3.63) is 40.1 Å². The molecule has 0 aliphatic rings. The number of carbonyl (C=O) groups is 1. The third-order valence-electron chi connectivity index (χ3n) is 3.76. The second-order valence-electron chi connectivity index (χ2n) is 6.15. The van der Waals surface area contributed by atoms with Crippen LogP contribution in [0.5, 0.6) is 5.75 Å². The van der Waals surface area contributed by atoms with E-state index in [9.17, 15) is 9.90 Å². The first-order chi connectivity index (χ1) is 10.8. The van der Waals surface area contributed by atoms with Crippen LogP contribution < -0.4 is 5.32 Å². The van der Waals surface area contributed by atoms with E-state index in [1.54, 1.807) is 16.9 Å². The van der Waals surface area contributed by atoms with Gasteiger partial charge in [-0.1, -0.05) is 20.8 Å². The van der Waals surface area contributed by atoms with Gasteiger partial charge in [0.15, 0.2) is 0 Å². The SMILES string of the molecule is Cc1cc(O)c(C(C)C)cc1NC(=O)C(C)Cn1cc(Br)cn1. The minimum atomic E-state index is -0.225. The lowest BCUT2D eigenvalue weighted by Crippen LogP contribution is -2.25. The Balaban J connectivity index is 2.11. The molecule has 1 unspecified atom stereocenters. The molecule has 0 aliphatic carbocycles. The van der Waals surface area contributed by atoms with E-state index in [-0.39, 0.29) is 23.5 Å². The summed E-state index contributed by atoms with van der Waals surface area (Å²) in [7, 11) is 0. The number of halogens is 1. The van der Waals surface area contributed by atoms with Crippen LogP contribution >= 0.6 is 15.9 Å². The number of phenols is 1. The summed E-state index contributed by atoms with van der Waals surface area (Å²) in [6.07, 6.45) is 3.54. The van der Waals surface area contributed by atoms with Gasteiger partial charge in [0, 0.05) is 11.9 Å². The quantitative estimate of drug-likeness (QED) is 0.769. The maximum absolute atomic E-state index is 12.4. The topological polar surface area (TPSA) is 67.2 Å². The molecule has 124 valence electrons. The number of aromatic nitrogens is 2. The van der Waals surface area contributed by atoms with Gasteiger partial charge in [0.1, 0.15) is 5.75 Å². The molecule has 0 radical (unpaired) electrons. The number of rotatable bonds is 5. The summed E-state index contributed by atoms with van der Waals surface area (Å²) in [4.78, 5) is 12.4. The summed E-state index contributed by atoms with van der Waals surface area (Å²) in [6, 6.07) is 3.55. The molecule has 1 aromatic carbocycles. The summed E-state index contributed by atoms with van der Waals surface area (Å²) < 4.78 is 2.62. The molecule has 23 heavy (non-hydrogen) atoms. The summed E-state index contributed by atoms with van der Waals surface area (Å²) in [5.41, 5.74) is 2.41. The molecule has 0 aliphatic heterocycles. The minimum absolute atomic E-state index is 0.0693. The average molecular weight is 380 g/mol. The molecule has 2 N–H and O–H groups in total. The van der Waals surface area contributed by atoms with Crippen LogP contribution in [0.1, 0.15) is 37.8 Å². The Morgan fingerprint density at radius 3 is 2.65 bits per heavy atom. The van der Waals surface area contributed by atoms with Crippen LogP contribution in [0.4, 0.5) is 5.69 Å². The molecule has 5 nitrogen and oxygen atoms in total. The number of anilines is 1. The molecule has 1 aromatic heterocycles. The van der Waals surface area contributed by atoms with Crippen molar-refractivity contribution in [3.8, 4) is 5.75 Å². The van der Waals surface area contributed by atoms with Crippen molar-refractivity contribution >= 4 is 27.5 Å². The lowest BCUT2D eigenvalue weighted by atomic mass is 9.99. The lowest BCUT2D eigenvalue weighted by Gasteiger charge is -2.17. The standard InChI is InChI=1S/C17H22BrN3O2/c1-10(2)14-6-15(11(3)5-16(14)22)20-17(23)12(4)8-21-9-13(18)7-19-21/h5-7,9-10,12,22H,8H2,1-4H3,(H,20,23). The number of hydrogen-bond acceptors (Lipinski definition) is 3. The molecular formula is C17H22BrN3O2. The third kappa shape index (κ3) is 4.34. The van der Waals surface area contributed by atoms with Gasteiger partial charge in [-0.05, 0) is 52.0 Å². The van der Waals surface area contributed by atoms with Gasteiger partial charge in [-0.3, -0.25) is 9.48 Å². The summed E-state index contributed by atoms with van der Waals surface area (Å²) >= 11 is 3.34. The molecule has 0 saturated heterocycles. The fraction of sp³-hybridized carbons (Fsp3) is 0.412. The van der Waals surface area contributed by atoms with Crippen molar-refractivity contribution in [2.45, 2.75) is 40.2 Å². The van der Waals surface area contributed by atoms with E-state index in [2.05, 4.69) is 26.3 Å². The van der Waals surface area contributed by atoms with Gasteiger partial charge in [-0.2, -0.15) is 5.10 Å². The first kappa shape index (κ1) is 17.5. The maximum atomic E-state index is 12.4. The predicted octanol–water partition coefficient (Wildman–Crippen LogP) is 4.06. The molecule has 0 spiro atoms. The van der Waals surface area contributed by atoms with Gasteiger partial charge >= 0.3 is 0 Å². The summed E-state index contributed by atoms with van der Waals surface area (Å²) in [5, 5.41) is 17.1. The van der Waals surface area contributed by atoms with Gasteiger partial charge < -0.3 is 10.4 Å². The molecule has 2 aromatic rings. The normalized spacial score (nSPS) is 12.4. The van der Waals surface area contributed by atoms with Crippen molar-refractivity contribution in [2.24, 2.45) is 5.92 Å². The van der Waals surface area contributed by atoms with Gasteiger partial charge in [0.05, 0.1) is 23.1 Å². The monoisotopic (exact) mass is 379 g/mol. The van der Waals surface area contributed by atoms with E-state index >= 15 is 0 Å². The zero-order valence-electron chi connectivity index (χ0n) is 13.8. The van der Waals surface area contributed by atoms with Crippen molar-refractivity contribution in [3.63, 3.8) is 0 Å². The van der Waals surface area contributed by atoms with Gasteiger partial charge in [-0.15, -0.1) is 0 Å². The smallest absolute Gasteiger partial charge is 0.229 e. The highest BCUT2D eigenvalue weighted by molar-refractivity contribution is 9.10. The van der Waals surface area contributed by atoms with E-state index in [0.29, 0.717) is 6.54 Å². The first-order valence-electron chi connectivity index (χ1n) is 7.60. The van der Waals surface area contributed by atoms with E-state index in [4.69, 9.17) is 0 Å². The number of carbonyl (C=O) groups excluding carboxylic acids is 1. The van der Waals surface area contributed by atoms with Crippen molar-refractivity contribution in [2.75, 3.05) is 5.32 Å². The molecule has 6 heteroatoms. The molecule has 2 rings (SSSR count). The second-order valence-corrected chi connectivity index (χ2v) is 7.07. The molecule has 1 amide bonds. The number of nitrogens with one attached hydrogen (secondary N) is 1. The molecular weight excluding hydrogens is 358 g/mol. The Bertz CT molecular complexity index is 710. The Morgan fingerprint density at radius 2 is 2.09 bits per heavy atom. The predicted molar refractivity (Wildman–Crippen MR) is 94.7 cm³/mol. The number of nitrogens with zero attached hydrogens (tertiary/aromatic N) is 2. The van der Waals surface area contributed by atoms with Gasteiger partial charge in [0.2, 0.25) is 5.91 Å². The van der Waals surface area contributed by atoms with E-state index in [0.717, 1.165) is 21.3 Å². The lowest BCUT2D eigenvalue weighted by molar-refractivity contribution is -0.119. The Morgan fingerprint density at radius 1 is 1.39 bits per heavy atom. The molecule has 1 heterocycles. The molecule has 0 bridgehead atoms. The Hall–Kier alpha value is -1.82. The van der Waals surface area contributed by atoms with Crippen LogP contribution in [0.3, 0.4) is 0 Å². The summed E-state index contributed by atoms with van der Waals surface area (Å²) in [5.74, 6) is 0.160. The number of phenolic OH excluding ortho intramolecular Hbond substituents is 1. The Kier molecular flexibility index (Phi) is 5.46. The highest BCUT2D eigenvalue weighted by Gasteiger charge is 2.17. The number of aryl methyl sites for hydroxylation is 1. The van der Waals surface area contributed by atoms with E-state index in [1.165, 1.54) is 0 Å². The zero-order chi connectivity index (χ0) is 17.1. The molecule has 1 atom stereocenters. The van der Waals surface area contributed by atoms with Crippen LogP contribution in [0.25, 0.3) is 0 Å². The van der Waals surface area contributed by atoms with Crippen molar-refractivity contribution in [1.82, 2.24) is 9.78 Å². The van der Waals surface area contributed by atoms with Crippen LogP contribution in [0.2, 0.25) is 0 Å². The number of hydrogen-bond donors (Lipinski definition) is 2. The zero-order valence-corrected chi connectivity index (χ0v) is 15.4. The molecule has 0 fully saturated rings. The van der Waals surface area contributed by atoms with Crippen LogP contribution in [-0.4, -0.2) is 20.8 Å². The number of aromatic hydroxyl groups is 1. The largest absolute Gasteiger partial charge is 0.508 e. The highest BCUT2D eigenvalue weighted by atomic mass is 79.9. The summed E-state index contributed by atoms with van der Waals surface area (Å²) in [6.45, 7) is 8.26. The van der Waals surface area contributed by atoms with Gasteiger partial charge in [0.25, 0.3) is 0 Å². The van der Waals surface area contributed by atoms with Crippen LogP contribution in [0, 0.1) is 12.8 Å². The number of benzene rings is 1. The Labute approximate surface area is 144 Å². The first-order valence-corrected chi connectivity index (χ1v) is 8.39. The number of amides is 1. The second kappa shape index (κ2) is 7.17. The average Bonchev–Trinajstić information content (AvgIpc) is 2.86. The minimum Gasteiger partial charge on any atom is -0.508 e. The van der Waals surface area contributed by atoms with E-state index in [1.807, 2.05) is 40.0 Å². The van der Waals surface area contributed by atoms with Crippen molar-refractivity contribution in [1.29, 1.82) is 0 Å². The van der Waals surface area contributed by atoms with Crippen molar-refractivity contribution < 1.29 is 9.90 Å². The van der Waals surface area contributed by atoms with Crippen LogP contribution in [-0.2, 0) is 11.3 Å². The van der Waals surface area contributed by atoms with Crippen LogP contribution in [0.15, 0.2) is 29.0 Å². The van der Waals surface area contributed by atoms with E-state index < -0.39 is 0 Å². The molecule has 0 saturated carbocycles. The maximum Gasteiger partial charge on any atom is 0.229 e. The third-order valence-corrected chi connectivity index (χ3v) is 4.17. The fourth-order valence-electron chi connectivity index (χ4n) is 2.36. The van der Waals surface area contributed by atoms with Gasteiger partial charge in [-0.25, -0.2) is 0 Å².